The molecule has 3 rings (SSSR count). The first-order valence-electron chi connectivity index (χ1n) is 6.27. The Labute approximate surface area is 112 Å². The highest BCUT2D eigenvalue weighted by Crippen LogP contribution is 2.71. The maximum Gasteiger partial charge on any atom is 0.173 e. The van der Waals surface area contributed by atoms with Crippen LogP contribution in [0.1, 0.15) is 25.7 Å². The molecule has 16 heavy (non-hydrogen) atoms. The standard InChI is InChI=1S/C11H20OS3Si/c1-12-16(2)6-5-11-4-3-8(7-11)9-10(11)14-15-13-9/h8-10,16H,3-7H2,1-2H3. The van der Waals surface area contributed by atoms with Crippen molar-refractivity contribution in [3.05, 3.63) is 0 Å². The minimum Gasteiger partial charge on any atom is -0.423 e. The molecule has 1 heterocycles. The molecule has 5 atom stereocenters. The van der Waals surface area contributed by atoms with Gasteiger partial charge in [-0.1, -0.05) is 21.6 Å². The molecule has 3 aliphatic rings. The summed E-state index contributed by atoms with van der Waals surface area (Å²) >= 11 is 0. The summed E-state index contributed by atoms with van der Waals surface area (Å²) in [5.74, 6) is 1.05. The van der Waals surface area contributed by atoms with Crippen molar-refractivity contribution in [3.8, 4) is 0 Å². The average Bonchev–Trinajstić information content (AvgIpc) is 2.97. The lowest BCUT2D eigenvalue weighted by Crippen LogP contribution is -2.33. The highest BCUT2D eigenvalue weighted by molar-refractivity contribution is 9.11. The second-order valence-electron chi connectivity index (χ2n) is 5.60. The van der Waals surface area contributed by atoms with E-state index in [0.29, 0.717) is 0 Å². The van der Waals surface area contributed by atoms with E-state index in [0.717, 1.165) is 21.8 Å². The van der Waals surface area contributed by atoms with Crippen molar-refractivity contribution in [3.63, 3.8) is 0 Å². The van der Waals surface area contributed by atoms with Crippen LogP contribution in [0.3, 0.4) is 0 Å². The molecule has 2 saturated carbocycles. The van der Waals surface area contributed by atoms with Crippen LogP contribution < -0.4 is 0 Å². The molecular weight excluding hydrogens is 272 g/mol. The van der Waals surface area contributed by atoms with Crippen molar-refractivity contribution >= 4 is 40.5 Å². The Bertz CT molecular complexity index is 278. The molecule has 1 saturated heterocycles. The summed E-state index contributed by atoms with van der Waals surface area (Å²) in [6.07, 6.45) is 6.02. The fourth-order valence-corrected chi connectivity index (χ4v) is 12.0. The van der Waals surface area contributed by atoms with Gasteiger partial charge in [-0.2, -0.15) is 0 Å². The molecule has 92 valence electrons. The van der Waals surface area contributed by atoms with E-state index in [4.69, 9.17) is 4.43 Å². The van der Waals surface area contributed by atoms with Crippen molar-refractivity contribution in [2.75, 3.05) is 7.11 Å². The van der Waals surface area contributed by atoms with E-state index < -0.39 is 9.04 Å². The van der Waals surface area contributed by atoms with Crippen LogP contribution in [0.15, 0.2) is 0 Å². The molecule has 0 aromatic rings. The van der Waals surface area contributed by atoms with Crippen molar-refractivity contribution in [2.24, 2.45) is 11.3 Å². The average molecular weight is 293 g/mol. The lowest BCUT2D eigenvalue weighted by Gasteiger charge is -2.34. The third-order valence-corrected chi connectivity index (χ3v) is 12.1. The van der Waals surface area contributed by atoms with Gasteiger partial charge in [-0.05, 0) is 59.4 Å². The van der Waals surface area contributed by atoms with E-state index in [1.165, 1.54) is 31.7 Å². The molecule has 0 amide bonds. The van der Waals surface area contributed by atoms with E-state index in [-0.39, 0.29) is 0 Å². The summed E-state index contributed by atoms with van der Waals surface area (Å²) in [4.78, 5) is 0. The predicted molar refractivity (Wildman–Crippen MR) is 79.6 cm³/mol. The van der Waals surface area contributed by atoms with Crippen LogP contribution in [0.4, 0.5) is 0 Å². The highest BCUT2D eigenvalue weighted by Gasteiger charge is 2.60. The maximum absolute atomic E-state index is 5.55. The van der Waals surface area contributed by atoms with Crippen LogP contribution in [0.5, 0.6) is 0 Å². The minimum atomic E-state index is -0.838. The van der Waals surface area contributed by atoms with E-state index in [9.17, 15) is 0 Å². The molecule has 2 bridgehead atoms. The van der Waals surface area contributed by atoms with E-state index in [2.05, 4.69) is 38.0 Å². The maximum atomic E-state index is 5.55. The Hall–Kier alpha value is 1.23. The van der Waals surface area contributed by atoms with Gasteiger partial charge in [0.25, 0.3) is 0 Å². The van der Waals surface area contributed by atoms with Crippen LogP contribution in [0, 0.1) is 11.3 Å². The zero-order chi connectivity index (χ0) is 11.2. The summed E-state index contributed by atoms with van der Waals surface area (Å²) < 4.78 is 5.55. The topological polar surface area (TPSA) is 9.23 Å². The van der Waals surface area contributed by atoms with E-state index in [1.807, 2.05) is 7.11 Å². The van der Waals surface area contributed by atoms with Crippen molar-refractivity contribution in [2.45, 2.75) is 48.8 Å². The molecule has 0 radical (unpaired) electrons. The van der Waals surface area contributed by atoms with Crippen LogP contribution in [-0.2, 0) is 4.43 Å². The first kappa shape index (κ1) is 12.3. The lowest BCUT2D eigenvalue weighted by molar-refractivity contribution is 0.292. The first-order chi connectivity index (χ1) is 7.75. The molecule has 0 N–H and O–H groups in total. The van der Waals surface area contributed by atoms with Crippen molar-refractivity contribution in [1.82, 2.24) is 0 Å². The van der Waals surface area contributed by atoms with Gasteiger partial charge in [-0.3, -0.25) is 0 Å². The second kappa shape index (κ2) is 4.72. The van der Waals surface area contributed by atoms with Gasteiger partial charge in [0.15, 0.2) is 9.04 Å². The third kappa shape index (κ3) is 1.90. The smallest absolute Gasteiger partial charge is 0.173 e. The van der Waals surface area contributed by atoms with Crippen LogP contribution in [0.2, 0.25) is 12.6 Å². The van der Waals surface area contributed by atoms with Gasteiger partial charge < -0.3 is 4.43 Å². The number of hydrogen-bond donors (Lipinski definition) is 0. The van der Waals surface area contributed by atoms with Gasteiger partial charge in [-0.25, -0.2) is 0 Å². The molecule has 1 aliphatic heterocycles. The van der Waals surface area contributed by atoms with E-state index in [1.54, 1.807) is 0 Å². The Morgan fingerprint density at radius 3 is 3.12 bits per heavy atom. The zero-order valence-corrected chi connectivity index (χ0v) is 13.6. The fourth-order valence-electron chi connectivity index (χ4n) is 3.71. The van der Waals surface area contributed by atoms with Crippen molar-refractivity contribution < 1.29 is 4.43 Å². The minimum absolute atomic E-state index is 0.719. The van der Waals surface area contributed by atoms with Gasteiger partial charge in [-0.15, -0.1) is 0 Å². The van der Waals surface area contributed by atoms with Gasteiger partial charge in [0.2, 0.25) is 0 Å². The summed E-state index contributed by atoms with van der Waals surface area (Å²) in [5.41, 5.74) is 0.719. The molecule has 5 heteroatoms. The van der Waals surface area contributed by atoms with Crippen LogP contribution in [0.25, 0.3) is 0 Å². The summed E-state index contributed by atoms with van der Waals surface area (Å²) in [5, 5.41) is 1.96. The number of rotatable bonds is 4. The van der Waals surface area contributed by atoms with Crippen LogP contribution in [-0.4, -0.2) is 26.6 Å². The van der Waals surface area contributed by atoms with Gasteiger partial charge >= 0.3 is 0 Å². The Morgan fingerprint density at radius 2 is 2.31 bits per heavy atom. The third-order valence-electron chi connectivity index (χ3n) is 4.79. The fraction of sp³-hybridized carbons (Fsp3) is 1.00. The molecule has 5 unspecified atom stereocenters. The quantitative estimate of drug-likeness (QED) is 0.573. The monoisotopic (exact) mass is 292 g/mol. The summed E-state index contributed by atoms with van der Waals surface area (Å²) in [7, 11) is 7.49. The highest BCUT2D eigenvalue weighted by atomic mass is 33.5. The Kier molecular flexibility index (Phi) is 3.62. The molecule has 0 aromatic heterocycles. The molecule has 0 spiro atoms. The summed E-state index contributed by atoms with van der Waals surface area (Å²) in [6, 6.07) is 1.39. The normalized spacial score (nSPS) is 47.2. The second-order valence-corrected chi connectivity index (χ2v) is 12.6. The van der Waals surface area contributed by atoms with E-state index >= 15 is 0 Å². The first-order valence-corrected chi connectivity index (χ1v) is 12.3. The Balaban J connectivity index is 1.68. The largest absolute Gasteiger partial charge is 0.423 e. The molecule has 3 fully saturated rings. The molecule has 2 aliphatic carbocycles. The molecule has 0 aromatic carbocycles. The number of fused-ring (bicyclic) bond motifs is 5. The summed E-state index contributed by atoms with van der Waals surface area (Å²) in [6.45, 7) is 2.35. The molecule has 1 nitrogen and oxygen atoms in total. The number of hydrogen-bond acceptors (Lipinski definition) is 4. The van der Waals surface area contributed by atoms with Gasteiger partial charge in [0, 0.05) is 17.6 Å². The molecular formula is C11H20OS3Si. The predicted octanol–water partition coefficient (Wildman–Crippen LogP) is 3.96. The van der Waals surface area contributed by atoms with Crippen molar-refractivity contribution in [1.29, 1.82) is 0 Å². The van der Waals surface area contributed by atoms with Gasteiger partial charge in [0.05, 0.1) is 0 Å². The Morgan fingerprint density at radius 1 is 1.44 bits per heavy atom. The van der Waals surface area contributed by atoms with Gasteiger partial charge in [0.1, 0.15) is 0 Å². The van der Waals surface area contributed by atoms with Crippen LogP contribution >= 0.6 is 31.4 Å². The zero-order valence-electron chi connectivity index (χ0n) is 9.98. The lowest BCUT2D eigenvalue weighted by atomic mass is 9.81. The SMILES string of the molecule is CO[SiH](C)CCC12CCC(C1)C1SSSC12.